The zero-order chi connectivity index (χ0) is 19.8. The molecular formula is C19H27NO5S. The monoisotopic (exact) mass is 381 g/mol. The maximum absolute atomic E-state index is 12.6. The standard InChI is InChI=1S/C19H27NO5S/c1-11-12(2)14(4)18(15(5)13(11)3)19(22)25-9-17(21)20(6)16-7-8-26(23,24)10-16/h16H,7-10H2,1-6H3. The fourth-order valence-electron chi connectivity index (χ4n) is 3.39. The SMILES string of the molecule is Cc1c(C)c(C)c(C(=O)OCC(=O)N(C)C2CCS(=O)(=O)C2)c(C)c1C. The Hall–Kier alpha value is -1.89. The third-order valence-electron chi connectivity index (χ3n) is 5.68. The summed E-state index contributed by atoms with van der Waals surface area (Å²) >= 11 is 0. The fraction of sp³-hybridized carbons (Fsp3) is 0.579. The summed E-state index contributed by atoms with van der Waals surface area (Å²) in [6.07, 6.45) is 0.424. The quantitative estimate of drug-likeness (QED) is 0.746. The minimum absolute atomic E-state index is 0.0300. The number of carbonyl (C=O) groups is 2. The van der Waals surface area contributed by atoms with Gasteiger partial charge in [0.1, 0.15) is 0 Å². The van der Waals surface area contributed by atoms with Gasteiger partial charge in [-0.3, -0.25) is 4.79 Å². The summed E-state index contributed by atoms with van der Waals surface area (Å²) in [5, 5.41) is 0. The molecule has 1 aliphatic heterocycles. The van der Waals surface area contributed by atoms with Gasteiger partial charge in [0, 0.05) is 13.1 Å². The Morgan fingerprint density at radius 3 is 1.96 bits per heavy atom. The molecule has 1 aromatic rings. The van der Waals surface area contributed by atoms with Gasteiger partial charge in [0.15, 0.2) is 16.4 Å². The summed E-state index contributed by atoms with van der Waals surface area (Å²) in [5.41, 5.74) is 5.45. The number of hydrogen-bond donors (Lipinski definition) is 0. The smallest absolute Gasteiger partial charge is 0.339 e. The van der Waals surface area contributed by atoms with Gasteiger partial charge in [-0.25, -0.2) is 13.2 Å². The molecule has 0 bridgehead atoms. The van der Waals surface area contributed by atoms with Crippen molar-refractivity contribution in [2.45, 2.75) is 47.1 Å². The molecule has 7 heteroatoms. The summed E-state index contributed by atoms with van der Waals surface area (Å²) in [5.74, 6) is -0.851. The van der Waals surface area contributed by atoms with Crippen LogP contribution >= 0.6 is 0 Å². The normalized spacial score (nSPS) is 18.6. The van der Waals surface area contributed by atoms with E-state index in [0.717, 1.165) is 27.8 Å². The zero-order valence-electron chi connectivity index (χ0n) is 16.3. The average Bonchev–Trinajstić information content (AvgIpc) is 2.95. The van der Waals surface area contributed by atoms with Crippen molar-refractivity contribution in [3.63, 3.8) is 0 Å². The summed E-state index contributed by atoms with van der Waals surface area (Å²) in [6.45, 7) is 9.32. The van der Waals surface area contributed by atoms with Crippen molar-refractivity contribution >= 4 is 21.7 Å². The van der Waals surface area contributed by atoms with Crippen molar-refractivity contribution in [2.75, 3.05) is 25.2 Å². The van der Waals surface area contributed by atoms with E-state index in [2.05, 4.69) is 0 Å². The van der Waals surface area contributed by atoms with Crippen LogP contribution < -0.4 is 0 Å². The maximum atomic E-state index is 12.6. The highest BCUT2D eigenvalue weighted by atomic mass is 32.2. The molecule has 0 aliphatic carbocycles. The lowest BCUT2D eigenvalue weighted by atomic mass is 9.90. The third kappa shape index (κ3) is 3.92. The van der Waals surface area contributed by atoms with E-state index >= 15 is 0 Å². The molecule has 0 spiro atoms. The minimum atomic E-state index is -3.07. The summed E-state index contributed by atoms with van der Waals surface area (Å²) in [6, 6.07) is -0.349. The number of hydrogen-bond acceptors (Lipinski definition) is 5. The maximum Gasteiger partial charge on any atom is 0.339 e. The van der Waals surface area contributed by atoms with Gasteiger partial charge in [-0.2, -0.15) is 0 Å². The van der Waals surface area contributed by atoms with Crippen LogP contribution in [0, 0.1) is 34.6 Å². The first kappa shape index (κ1) is 20.4. The third-order valence-corrected chi connectivity index (χ3v) is 7.43. The molecule has 1 atom stereocenters. The van der Waals surface area contributed by atoms with E-state index in [9.17, 15) is 18.0 Å². The van der Waals surface area contributed by atoms with Gasteiger partial charge in [-0.15, -0.1) is 0 Å². The van der Waals surface area contributed by atoms with Crippen LogP contribution in [0.4, 0.5) is 0 Å². The zero-order valence-corrected chi connectivity index (χ0v) is 17.1. The molecule has 1 fully saturated rings. The van der Waals surface area contributed by atoms with E-state index in [1.807, 2.05) is 34.6 Å². The Balaban J connectivity index is 2.09. The van der Waals surface area contributed by atoms with Gasteiger partial charge in [0.25, 0.3) is 5.91 Å². The number of esters is 1. The molecule has 1 unspecified atom stereocenters. The molecule has 1 saturated heterocycles. The van der Waals surface area contributed by atoms with Gasteiger partial charge < -0.3 is 9.64 Å². The van der Waals surface area contributed by atoms with Crippen LogP contribution in [-0.4, -0.2) is 56.4 Å². The topological polar surface area (TPSA) is 80.8 Å². The number of rotatable bonds is 4. The number of carbonyl (C=O) groups excluding carboxylic acids is 2. The number of ether oxygens (including phenoxy) is 1. The lowest BCUT2D eigenvalue weighted by Gasteiger charge is -2.23. The van der Waals surface area contributed by atoms with E-state index in [-0.39, 0.29) is 17.5 Å². The molecule has 1 aromatic carbocycles. The van der Waals surface area contributed by atoms with Crippen LogP contribution in [0.3, 0.4) is 0 Å². The van der Waals surface area contributed by atoms with E-state index < -0.39 is 28.3 Å². The van der Waals surface area contributed by atoms with E-state index in [4.69, 9.17) is 4.74 Å². The molecule has 0 saturated carbocycles. The van der Waals surface area contributed by atoms with Gasteiger partial charge >= 0.3 is 5.97 Å². The van der Waals surface area contributed by atoms with Crippen molar-refractivity contribution in [1.82, 2.24) is 4.90 Å². The first-order valence-electron chi connectivity index (χ1n) is 8.66. The average molecular weight is 381 g/mol. The molecule has 1 amide bonds. The van der Waals surface area contributed by atoms with Gasteiger partial charge in [0.05, 0.1) is 17.1 Å². The van der Waals surface area contributed by atoms with E-state index in [1.54, 1.807) is 7.05 Å². The number of nitrogens with zero attached hydrogens (tertiary/aromatic N) is 1. The van der Waals surface area contributed by atoms with Crippen molar-refractivity contribution < 1.29 is 22.7 Å². The van der Waals surface area contributed by atoms with Crippen LogP contribution in [0.5, 0.6) is 0 Å². The Kier molecular flexibility index (Phi) is 5.80. The Morgan fingerprint density at radius 2 is 1.50 bits per heavy atom. The van der Waals surface area contributed by atoms with Crippen LogP contribution in [0.2, 0.25) is 0 Å². The molecule has 6 nitrogen and oxygen atoms in total. The predicted molar refractivity (Wildman–Crippen MR) is 100 cm³/mol. The van der Waals surface area contributed by atoms with Gasteiger partial charge in [-0.1, -0.05) is 0 Å². The second kappa shape index (κ2) is 7.39. The number of likely N-dealkylation sites (N-methyl/N-ethyl adjacent to an activating group) is 1. The number of amides is 1. The van der Waals surface area contributed by atoms with Crippen LogP contribution in [0.15, 0.2) is 0 Å². The van der Waals surface area contributed by atoms with Crippen LogP contribution in [-0.2, 0) is 19.4 Å². The Morgan fingerprint density at radius 1 is 1.00 bits per heavy atom. The second-order valence-corrected chi connectivity index (χ2v) is 9.37. The highest BCUT2D eigenvalue weighted by Crippen LogP contribution is 2.26. The molecule has 0 radical (unpaired) electrons. The molecule has 0 aromatic heterocycles. The molecule has 26 heavy (non-hydrogen) atoms. The van der Waals surface area contributed by atoms with E-state index in [1.165, 1.54) is 4.90 Å². The largest absolute Gasteiger partial charge is 0.452 e. The first-order valence-corrected chi connectivity index (χ1v) is 10.5. The van der Waals surface area contributed by atoms with Crippen molar-refractivity contribution in [2.24, 2.45) is 0 Å². The van der Waals surface area contributed by atoms with Crippen LogP contribution in [0.1, 0.15) is 44.6 Å². The van der Waals surface area contributed by atoms with Crippen molar-refractivity contribution in [3.05, 3.63) is 33.4 Å². The highest BCUT2D eigenvalue weighted by molar-refractivity contribution is 7.91. The molecular weight excluding hydrogens is 354 g/mol. The summed E-state index contributed by atoms with van der Waals surface area (Å²) in [4.78, 5) is 26.2. The molecule has 1 heterocycles. The summed E-state index contributed by atoms with van der Waals surface area (Å²) < 4.78 is 28.4. The van der Waals surface area contributed by atoms with Crippen LogP contribution in [0.25, 0.3) is 0 Å². The number of sulfone groups is 1. The second-order valence-electron chi connectivity index (χ2n) is 7.14. The Bertz CT molecular complexity index is 828. The summed E-state index contributed by atoms with van der Waals surface area (Å²) in [7, 11) is -1.52. The highest BCUT2D eigenvalue weighted by Gasteiger charge is 2.33. The lowest BCUT2D eigenvalue weighted by Crippen LogP contribution is -2.40. The number of benzene rings is 1. The predicted octanol–water partition coefficient (Wildman–Crippen LogP) is 2.03. The Labute approximate surface area is 155 Å². The lowest BCUT2D eigenvalue weighted by molar-refractivity contribution is -0.134. The molecule has 2 rings (SSSR count). The van der Waals surface area contributed by atoms with Gasteiger partial charge in [0.2, 0.25) is 0 Å². The fourth-order valence-corrected chi connectivity index (χ4v) is 5.17. The molecule has 1 aliphatic rings. The first-order chi connectivity index (χ1) is 12.0. The van der Waals surface area contributed by atoms with Crippen molar-refractivity contribution in [1.29, 1.82) is 0 Å². The van der Waals surface area contributed by atoms with Gasteiger partial charge in [-0.05, 0) is 68.9 Å². The van der Waals surface area contributed by atoms with E-state index in [0.29, 0.717) is 12.0 Å². The molecule has 144 valence electrons. The minimum Gasteiger partial charge on any atom is -0.452 e. The van der Waals surface area contributed by atoms with Crippen molar-refractivity contribution in [3.8, 4) is 0 Å². The molecule has 0 N–H and O–H groups in total.